The summed E-state index contributed by atoms with van der Waals surface area (Å²) in [6.45, 7) is 6.85. The number of hydrogen-bond donors (Lipinski definition) is 3. The Morgan fingerprint density at radius 3 is 1.52 bits per heavy atom. The van der Waals surface area contributed by atoms with E-state index in [1.165, 1.54) is 0 Å². The van der Waals surface area contributed by atoms with Crippen LogP contribution in [0.2, 0.25) is 0 Å². The van der Waals surface area contributed by atoms with E-state index < -0.39 is 88.8 Å². The Morgan fingerprint density at radius 2 is 1.12 bits per heavy atom. The summed E-state index contributed by atoms with van der Waals surface area (Å²) in [6, 6.07) is 8.82. The number of aliphatic hydroxyl groups is 1. The average Bonchev–Trinajstić information content (AvgIpc) is 3.11. The summed E-state index contributed by atoms with van der Waals surface area (Å²) in [6.07, 6.45) is 0.402. The summed E-state index contributed by atoms with van der Waals surface area (Å²) in [5, 5.41) is 10.8. The summed E-state index contributed by atoms with van der Waals surface area (Å²) >= 11 is 0. The molecule has 0 fully saturated rings. The third kappa shape index (κ3) is 15.9. The Bertz CT molecular complexity index is 1280. The molecule has 0 spiro atoms. The van der Waals surface area contributed by atoms with E-state index in [0.29, 0.717) is 38.5 Å². The summed E-state index contributed by atoms with van der Waals surface area (Å²) < 4.78 is 64.0. The Hall–Kier alpha value is -1.84. The van der Waals surface area contributed by atoms with Gasteiger partial charge in [-0.15, -0.1) is 0 Å². The molecule has 1 amide bonds. The van der Waals surface area contributed by atoms with Crippen molar-refractivity contribution in [2.75, 3.05) is 26.9 Å². The number of nitrogens with one attached hydrogen (secondary N) is 1. The number of carbonyl (C=O) groups excluding carboxylic acids is 4. The van der Waals surface area contributed by atoms with Gasteiger partial charge in [0.1, 0.15) is 6.61 Å². The Balaban J connectivity index is 0. The van der Waals surface area contributed by atoms with Gasteiger partial charge < -0.3 is 35.7 Å². The predicted octanol–water partition coefficient (Wildman–Crippen LogP) is 3.69. The molecule has 1 aromatic carbocycles. The maximum Gasteiger partial charge on any atom is 1.00 e. The fraction of sp³-hybridized carbons (Fsp3) is 0.697. The van der Waals surface area contributed by atoms with Crippen LogP contribution < -0.4 is 34.9 Å². The van der Waals surface area contributed by atoms with Crippen molar-refractivity contribution in [1.29, 1.82) is 0 Å². The van der Waals surface area contributed by atoms with Crippen molar-refractivity contribution < 1.29 is 102 Å². The number of ether oxygens (including phenoxy) is 4. The van der Waals surface area contributed by atoms with Crippen molar-refractivity contribution in [2.45, 2.75) is 105 Å². The van der Waals surface area contributed by atoms with Crippen LogP contribution in [0.1, 0.15) is 99.9 Å². The van der Waals surface area contributed by atoms with Crippen LogP contribution in [-0.2, 0) is 62.6 Å². The first-order valence-electron chi connectivity index (χ1n) is 17.2. The quantitative estimate of drug-likeness (QED) is 0.0304. The van der Waals surface area contributed by atoms with Crippen LogP contribution in [0.3, 0.4) is 0 Å². The van der Waals surface area contributed by atoms with Crippen molar-refractivity contribution >= 4 is 39.2 Å². The van der Waals surface area contributed by atoms with Gasteiger partial charge in [-0.3, -0.25) is 37.1 Å². The van der Waals surface area contributed by atoms with E-state index in [1.54, 1.807) is 71.9 Å². The zero-order valence-electron chi connectivity index (χ0n) is 32.4. The molecule has 0 heterocycles. The van der Waals surface area contributed by atoms with E-state index in [1.807, 2.05) is 0 Å². The number of carbonyl (C=O) groups is 4. The maximum absolute atomic E-state index is 14.4. The minimum atomic E-state index is -5.60. The van der Waals surface area contributed by atoms with Gasteiger partial charge in [0.2, 0.25) is 20.4 Å². The molecule has 0 aliphatic rings. The van der Waals surface area contributed by atoms with Crippen LogP contribution in [0.4, 0.5) is 4.79 Å². The van der Waals surface area contributed by atoms with Gasteiger partial charge in [0.05, 0.1) is 17.8 Å². The third-order valence-corrected chi connectivity index (χ3v) is 13.4. The Morgan fingerprint density at radius 1 is 0.712 bits per heavy atom. The second-order valence-electron chi connectivity index (χ2n) is 11.6. The fourth-order valence-corrected chi connectivity index (χ4v) is 8.66. The minimum Gasteiger partial charge on any atom is -1.00 e. The van der Waals surface area contributed by atoms with Crippen molar-refractivity contribution in [3.63, 3.8) is 0 Å². The van der Waals surface area contributed by atoms with Gasteiger partial charge in [-0.25, -0.2) is 4.79 Å². The first-order chi connectivity index (χ1) is 24.2. The number of amides is 1. The standard InChI is InChI=1S/C33H55NO15P2.Na.H/c1-7-26(8-2)29(35)44-22-47-50(40,41)33(39,19-16-20-34-32(38)43-21-25-17-14-13-15-18-25)51(42,48-23-45-30(36)27(9-3)10-4)49-24-46-31(37)28(11-5)12-6;;/h13-15,17-18,26-28,39H,7-12,16,19-24H2,1-6H3,(H,34,38)(H,40,41);;/q;+1;-1. The van der Waals surface area contributed by atoms with Crippen LogP contribution in [0.15, 0.2) is 30.3 Å². The van der Waals surface area contributed by atoms with Gasteiger partial charge in [-0.2, -0.15) is 0 Å². The van der Waals surface area contributed by atoms with Gasteiger partial charge in [-0.1, -0.05) is 71.9 Å². The fourth-order valence-electron chi connectivity index (χ4n) is 4.75. The van der Waals surface area contributed by atoms with Crippen LogP contribution in [0.25, 0.3) is 0 Å². The van der Waals surface area contributed by atoms with Crippen molar-refractivity contribution in [3.05, 3.63) is 35.9 Å². The van der Waals surface area contributed by atoms with E-state index in [0.717, 1.165) is 5.56 Å². The largest absolute Gasteiger partial charge is 1.00 e. The number of alkyl carbamates (subject to hydrolysis) is 1. The Kier molecular flexibility index (Phi) is 25.1. The second kappa shape index (κ2) is 26.0. The van der Waals surface area contributed by atoms with E-state index in [9.17, 15) is 38.3 Å². The molecule has 16 nitrogen and oxygen atoms in total. The predicted molar refractivity (Wildman–Crippen MR) is 186 cm³/mol. The maximum atomic E-state index is 14.4. The zero-order valence-corrected chi connectivity index (χ0v) is 35.2. The molecule has 0 aromatic heterocycles. The molecular formula is C33H56NNaO15P2. The first-order valence-corrected chi connectivity index (χ1v) is 20.3. The molecule has 3 N–H and O–H groups in total. The van der Waals surface area contributed by atoms with Crippen molar-refractivity contribution in [1.82, 2.24) is 5.32 Å². The molecule has 0 saturated carbocycles. The molecule has 0 aliphatic heterocycles. The first kappa shape index (κ1) is 50.2. The van der Waals surface area contributed by atoms with Crippen LogP contribution in [-0.4, -0.2) is 66.0 Å². The Labute approximate surface area is 330 Å². The molecule has 0 saturated heterocycles. The molecule has 294 valence electrons. The van der Waals surface area contributed by atoms with E-state index in [4.69, 9.17) is 32.5 Å². The molecule has 0 radical (unpaired) electrons. The molecule has 19 heteroatoms. The van der Waals surface area contributed by atoms with Crippen LogP contribution in [0, 0.1) is 17.8 Å². The molecule has 2 unspecified atom stereocenters. The smallest absolute Gasteiger partial charge is 1.00 e. The van der Waals surface area contributed by atoms with Gasteiger partial charge >= 0.3 is 68.7 Å². The summed E-state index contributed by atoms with van der Waals surface area (Å²) in [7, 11) is -11.0. The topological polar surface area (TPSA) is 220 Å². The monoisotopic (exact) mass is 791 g/mol. The molecule has 0 bridgehead atoms. The summed E-state index contributed by atoms with van der Waals surface area (Å²) in [5.74, 6) is -3.82. The summed E-state index contributed by atoms with van der Waals surface area (Å²) in [5.41, 5.74) is 0.718. The summed E-state index contributed by atoms with van der Waals surface area (Å²) in [4.78, 5) is 60.8. The zero-order chi connectivity index (χ0) is 38.5. The van der Waals surface area contributed by atoms with Crippen LogP contribution in [0.5, 0.6) is 0 Å². The molecule has 52 heavy (non-hydrogen) atoms. The van der Waals surface area contributed by atoms with Gasteiger partial charge in [0.25, 0.3) is 5.08 Å². The van der Waals surface area contributed by atoms with Gasteiger partial charge in [0, 0.05) is 13.0 Å². The number of benzene rings is 1. The van der Waals surface area contributed by atoms with Crippen LogP contribution >= 0.6 is 15.2 Å². The van der Waals surface area contributed by atoms with Gasteiger partial charge in [0.15, 0.2) is 0 Å². The van der Waals surface area contributed by atoms with Gasteiger partial charge in [-0.05, 0) is 50.5 Å². The SMILES string of the molecule is CCC(CC)C(=O)OCOP(=O)(O)C(O)(CCCNC(=O)OCc1ccccc1)P(=O)(OCOC(=O)C(CC)CC)OCOC(=O)C(CC)CC.[H-].[Na+]. The molecular weight excluding hydrogens is 735 g/mol. The molecule has 2 atom stereocenters. The minimum absolute atomic E-state index is 0. The molecule has 1 rings (SSSR count). The van der Waals surface area contributed by atoms with E-state index in [2.05, 4.69) is 5.32 Å². The number of hydrogen-bond acceptors (Lipinski definition) is 14. The normalized spacial score (nSPS) is 13.8. The molecule has 1 aromatic rings. The average molecular weight is 792 g/mol. The third-order valence-electron chi connectivity index (χ3n) is 8.30. The van der Waals surface area contributed by atoms with E-state index >= 15 is 0 Å². The number of esters is 3. The molecule has 0 aliphatic carbocycles. The van der Waals surface area contributed by atoms with Crippen molar-refractivity contribution in [3.8, 4) is 0 Å². The van der Waals surface area contributed by atoms with Crippen molar-refractivity contribution in [2.24, 2.45) is 17.8 Å². The second-order valence-corrected chi connectivity index (χ2v) is 16.2. The number of rotatable bonds is 26. The van der Waals surface area contributed by atoms with E-state index in [-0.39, 0.29) is 50.6 Å².